The van der Waals surface area contributed by atoms with Crippen molar-refractivity contribution in [3.8, 4) is 5.75 Å². The number of rotatable bonds is 8. The molecule has 1 aromatic carbocycles. The Morgan fingerprint density at radius 3 is 2.14 bits per heavy atom. The van der Waals surface area contributed by atoms with E-state index in [1.165, 1.54) is 0 Å². The maximum atomic E-state index is 12.1. The van der Waals surface area contributed by atoms with Crippen LogP contribution in [0.3, 0.4) is 0 Å². The fraction of sp³-hybridized carbons (Fsp3) is 0.500. The van der Waals surface area contributed by atoms with E-state index < -0.39 is 11.5 Å². The molecule has 0 aliphatic heterocycles. The summed E-state index contributed by atoms with van der Waals surface area (Å²) in [5, 5.41) is 12.0. The summed E-state index contributed by atoms with van der Waals surface area (Å²) in [6.45, 7) is 6.01. The summed E-state index contributed by atoms with van der Waals surface area (Å²) in [5.74, 6) is -0.526. The van der Waals surface area contributed by atoms with Gasteiger partial charge in [0.25, 0.3) is 0 Å². The monoisotopic (exact) mass is 293 g/mol. The van der Waals surface area contributed by atoms with Crippen molar-refractivity contribution >= 4 is 11.9 Å². The van der Waals surface area contributed by atoms with Gasteiger partial charge in [0.1, 0.15) is 11.3 Å². The highest BCUT2D eigenvalue weighted by Gasteiger charge is 2.36. The topological polar surface area (TPSA) is 75.6 Å². The standard InChI is InChI=1S/C16H23NO4/c1-4-16(5-2,15(19)20)17-14(18)11-12-7-9-13(10-8-12)21-6-3/h7-10H,4-6,11H2,1-3H3,(H,17,18)(H,19,20). The number of ether oxygens (including phenoxy) is 1. The van der Waals surface area contributed by atoms with Gasteiger partial charge in [-0.1, -0.05) is 26.0 Å². The van der Waals surface area contributed by atoms with Gasteiger partial charge in [-0.05, 0) is 37.5 Å². The summed E-state index contributed by atoms with van der Waals surface area (Å²) in [6, 6.07) is 7.22. The average molecular weight is 293 g/mol. The Bertz CT molecular complexity index is 478. The predicted octanol–water partition coefficient (Wildman–Crippen LogP) is 2.39. The van der Waals surface area contributed by atoms with Crippen LogP contribution in [0.15, 0.2) is 24.3 Å². The Balaban J connectivity index is 2.70. The van der Waals surface area contributed by atoms with E-state index in [-0.39, 0.29) is 12.3 Å². The first kappa shape index (κ1) is 17.0. The van der Waals surface area contributed by atoms with Crippen LogP contribution in [-0.2, 0) is 16.0 Å². The minimum atomic E-state index is -1.18. The van der Waals surface area contributed by atoms with Crippen molar-refractivity contribution in [2.45, 2.75) is 45.6 Å². The van der Waals surface area contributed by atoms with Crippen molar-refractivity contribution in [3.05, 3.63) is 29.8 Å². The second-order valence-corrected chi connectivity index (χ2v) is 4.90. The number of carbonyl (C=O) groups is 2. The summed E-state index contributed by atoms with van der Waals surface area (Å²) in [5.41, 5.74) is -0.357. The molecule has 0 radical (unpaired) electrons. The van der Waals surface area contributed by atoms with Crippen LogP contribution >= 0.6 is 0 Å². The largest absolute Gasteiger partial charge is 0.494 e. The molecule has 116 valence electrons. The number of hydrogen-bond acceptors (Lipinski definition) is 3. The zero-order chi connectivity index (χ0) is 15.9. The van der Waals surface area contributed by atoms with Crippen molar-refractivity contribution < 1.29 is 19.4 Å². The maximum absolute atomic E-state index is 12.1. The highest BCUT2D eigenvalue weighted by atomic mass is 16.5. The first-order chi connectivity index (χ1) is 9.97. The van der Waals surface area contributed by atoms with Crippen LogP contribution in [-0.4, -0.2) is 29.1 Å². The van der Waals surface area contributed by atoms with Gasteiger partial charge in [-0.15, -0.1) is 0 Å². The summed E-state index contributed by atoms with van der Waals surface area (Å²) in [7, 11) is 0. The lowest BCUT2D eigenvalue weighted by molar-refractivity contribution is -0.148. The summed E-state index contributed by atoms with van der Waals surface area (Å²) in [6.07, 6.45) is 0.864. The number of aliphatic carboxylic acids is 1. The Morgan fingerprint density at radius 2 is 1.71 bits per heavy atom. The molecule has 0 heterocycles. The van der Waals surface area contributed by atoms with E-state index in [0.29, 0.717) is 19.4 Å². The molecule has 0 saturated carbocycles. The Morgan fingerprint density at radius 1 is 1.14 bits per heavy atom. The first-order valence-corrected chi connectivity index (χ1v) is 7.23. The van der Waals surface area contributed by atoms with Gasteiger partial charge in [-0.25, -0.2) is 4.79 Å². The molecule has 2 N–H and O–H groups in total. The maximum Gasteiger partial charge on any atom is 0.329 e. The fourth-order valence-corrected chi connectivity index (χ4v) is 2.15. The van der Waals surface area contributed by atoms with E-state index in [9.17, 15) is 14.7 Å². The lowest BCUT2D eigenvalue weighted by Crippen LogP contribution is -2.54. The second-order valence-electron chi connectivity index (χ2n) is 4.90. The van der Waals surface area contributed by atoms with E-state index in [4.69, 9.17) is 4.74 Å². The average Bonchev–Trinajstić information content (AvgIpc) is 2.47. The van der Waals surface area contributed by atoms with Crippen molar-refractivity contribution in [3.63, 3.8) is 0 Å². The summed E-state index contributed by atoms with van der Waals surface area (Å²) >= 11 is 0. The van der Waals surface area contributed by atoms with Crippen LogP contribution < -0.4 is 10.1 Å². The molecule has 0 bridgehead atoms. The van der Waals surface area contributed by atoms with E-state index in [2.05, 4.69) is 5.32 Å². The van der Waals surface area contributed by atoms with E-state index in [1.54, 1.807) is 26.0 Å². The van der Waals surface area contributed by atoms with Crippen molar-refractivity contribution in [1.82, 2.24) is 5.32 Å². The lowest BCUT2D eigenvalue weighted by Gasteiger charge is -2.28. The van der Waals surface area contributed by atoms with Crippen molar-refractivity contribution in [1.29, 1.82) is 0 Å². The van der Waals surface area contributed by atoms with Gasteiger partial charge in [-0.3, -0.25) is 4.79 Å². The van der Waals surface area contributed by atoms with Crippen LogP contribution in [0.1, 0.15) is 39.2 Å². The molecule has 0 unspecified atom stereocenters. The molecule has 0 saturated heterocycles. The molecule has 21 heavy (non-hydrogen) atoms. The molecule has 0 aliphatic rings. The minimum Gasteiger partial charge on any atom is -0.494 e. The van der Waals surface area contributed by atoms with Gasteiger partial charge in [-0.2, -0.15) is 0 Å². The van der Waals surface area contributed by atoms with Gasteiger partial charge < -0.3 is 15.2 Å². The number of benzene rings is 1. The zero-order valence-corrected chi connectivity index (χ0v) is 12.8. The van der Waals surface area contributed by atoms with Gasteiger partial charge in [0.05, 0.1) is 13.0 Å². The summed E-state index contributed by atoms with van der Waals surface area (Å²) in [4.78, 5) is 23.4. The van der Waals surface area contributed by atoms with Gasteiger partial charge in [0.15, 0.2) is 0 Å². The van der Waals surface area contributed by atoms with E-state index in [0.717, 1.165) is 11.3 Å². The molecule has 5 heteroatoms. The lowest BCUT2D eigenvalue weighted by atomic mass is 9.92. The predicted molar refractivity (Wildman–Crippen MR) is 80.4 cm³/mol. The molecule has 1 aromatic rings. The molecular weight excluding hydrogens is 270 g/mol. The number of amides is 1. The molecule has 0 aromatic heterocycles. The van der Waals surface area contributed by atoms with Gasteiger partial charge in [0.2, 0.25) is 5.91 Å². The SMILES string of the molecule is CCOc1ccc(CC(=O)NC(CC)(CC)C(=O)O)cc1. The van der Waals surface area contributed by atoms with Crippen LogP contribution in [0, 0.1) is 0 Å². The van der Waals surface area contributed by atoms with Crippen LogP contribution in [0.2, 0.25) is 0 Å². The van der Waals surface area contributed by atoms with Crippen LogP contribution in [0.4, 0.5) is 0 Å². The van der Waals surface area contributed by atoms with Crippen molar-refractivity contribution in [2.24, 2.45) is 0 Å². The third kappa shape index (κ3) is 4.48. The normalized spacial score (nSPS) is 11.0. The number of carbonyl (C=O) groups excluding carboxylic acids is 1. The molecular formula is C16H23NO4. The molecule has 5 nitrogen and oxygen atoms in total. The number of carboxylic acid groups (broad SMARTS) is 1. The molecule has 0 spiro atoms. The van der Waals surface area contributed by atoms with Crippen LogP contribution in [0.5, 0.6) is 5.75 Å². The molecule has 1 rings (SSSR count). The highest BCUT2D eigenvalue weighted by Crippen LogP contribution is 2.17. The Labute approximate surface area is 125 Å². The number of hydrogen-bond donors (Lipinski definition) is 2. The van der Waals surface area contributed by atoms with E-state index >= 15 is 0 Å². The second kappa shape index (κ2) is 7.67. The fourth-order valence-electron chi connectivity index (χ4n) is 2.15. The van der Waals surface area contributed by atoms with Crippen LogP contribution in [0.25, 0.3) is 0 Å². The smallest absolute Gasteiger partial charge is 0.329 e. The van der Waals surface area contributed by atoms with E-state index in [1.807, 2.05) is 19.1 Å². The molecule has 0 aliphatic carbocycles. The minimum absolute atomic E-state index is 0.154. The molecule has 0 fully saturated rings. The van der Waals surface area contributed by atoms with Gasteiger partial charge in [0, 0.05) is 0 Å². The number of carboxylic acids is 1. The third-order valence-corrected chi connectivity index (χ3v) is 3.59. The van der Waals surface area contributed by atoms with Gasteiger partial charge >= 0.3 is 5.97 Å². The van der Waals surface area contributed by atoms with Crippen molar-refractivity contribution in [2.75, 3.05) is 6.61 Å². The zero-order valence-electron chi connectivity index (χ0n) is 12.8. The highest BCUT2D eigenvalue weighted by molar-refractivity contribution is 5.87. The molecule has 1 amide bonds. The Hall–Kier alpha value is -2.04. The quantitative estimate of drug-likeness (QED) is 0.771. The first-order valence-electron chi connectivity index (χ1n) is 7.23. The third-order valence-electron chi connectivity index (χ3n) is 3.59. The summed E-state index contributed by atoms with van der Waals surface area (Å²) < 4.78 is 5.33. The number of nitrogens with one attached hydrogen (secondary N) is 1. The Kier molecular flexibility index (Phi) is 6.21. The molecule has 0 atom stereocenters.